The lowest BCUT2D eigenvalue weighted by Crippen LogP contribution is -2.21. The molecule has 1 aromatic heterocycles. The number of hydrogen-bond acceptors (Lipinski definition) is 4. The van der Waals surface area contributed by atoms with E-state index in [4.69, 9.17) is 11.6 Å². The molecule has 0 spiro atoms. The van der Waals surface area contributed by atoms with Crippen LogP contribution in [0.3, 0.4) is 0 Å². The van der Waals surface area contributed by atoms with Crippen LogP contribution >= 0.6 is 22.9 Å². The molecule has 4 nitrogen and oxygen atoms in total. The van der Waals surface area contributed by atoms with E-state index in [2.05, 4.69) is 5.32 Å². The van der Waals surface area contributed by atoms with E-state index in [1.807, 2.05) is 0 Å². The van der Waals surface area contributed by atoms with Crippen molar-refractivity contribution in [2.45, 2.75) is 0 Å². The molecule has 0 bridgehead atoms. The van der Waals surface area contributed by atoms with Crippen molar-refractivity contribution in [1.82, 2.24) is 0 Å². The Balaban J connectivity index is 1.50. The molecule has 1 heterocycles. The minimum absolute atomic E-state index is 0.229. The maximum atomic E-state index is 13.5. The van der Waals surface area contributed by atoms with Crippen molar-refractivity contribution in [2.24, 2.45) is 0 Å². The number of thiophene rings is 1. The number of hydrogen-bond donors (Lipinski definition) is 1. The van der Waals surface area contributed by atoms with Gasteiger partial charge in [-0.05, 0) is 36.4 Å². The lowest BCUT2D eigenvalue weighted by molar-refractivity contribution is 0.0979. The van der Waals surface area contributed by atoms with Crippen LogP contribution in [0.2, 0.25) is 5.02 Å². The molecule has 0 atom stereocenters. The Kier molecular flexibility index (Phi) is 4.27. The predicted octanol–water partition coefficient (Wildman–Crippen LogP) is 5.72. The first-order chi connectivity index (χ1) is 14.4. The van der Waals surface area contributed by atoms with Gasteiger partial charge in [-0.15, -0.1) is 11.3 Å². The number of amides is 1. The van der Waals surface area contributed by atoms with Gasteiger partial charge in [-0.2, -0.15) is 0 Å². The van der Waals surface area contributed by atoms with E-state index in [1.54, 1.807) is 30.3 Å². The van der Waals surface area contributed by atoms with Crippen LogP contribution in [0.5, 0.6) is 0 Å². The Morgan fingerprint density at radius 3 is 2.27 bits per heavy atom. The van der Waals surface area contributed by atoms with Crippen LogP contribution in [-0.4, -0.2) is 17.5 Å². The van der Waals surface area contributed by atoms with Gasteiger partial charge in [0.2, 0.25) is 0 Å². The summed E-state index contributed by atoms with van der Waals surface area (Å²) in [7, 11) is 0. The quantitative estimate of drug-likeness (QED) is 0.385. The summed E-state index contributed by atoms with van der Waals surface area (Å²) in [4.78, 5) is 38.5. The van der Waals surface area contributed by atoms with Gasteiger partial charge in [-0.1, -0.05) is 35.9 Å². The monoisotopic (exact) mass is 435 g/mol. The third-order valence-electron chi connectivity index (χ3n) is 4.98. The van der Waals surface area contributed by atoms with Gasteiger partial charge >= 0.3 is 0 Å². The highest BCUT2D eigenvalue weighted by Crippen LogP contribution is 2.36. The van der Waals surface area contributed by atoms with E-state index < -0.39 is 11.7 Å². The maximum Gasteiger partial charge on any atom is 0.267 e. The maximum absolute atomic E-state index is 13.5. The number of halogens is 2. The number of anilines is 1. The summed E-state index contributed by atoms with van der Waals surface area (Å²) < 4.78 is 14.0. The zero-order valence-electron chi connectivity index (χ0n) is 15.2. The van der Waals surface area contributed by atoms with E-state index in [-0.39, 0.29) is 27.0 Å². The molecule has 0 saturated carbocycles. The highest BCUT2D eigenvalue weighted by molar-refractivity contribution is 7.21. The van der Waals surface area contributed by atoms with Gasteiger partial charge in [0.1, 0.15) is 10.7 Å². The predicted molar refractivity (Wildman–Crippen MR) is 114 cm³/mol. The molecule has 5 rings (SSSR count). The Labute approximate surface area is 178 Å². The van der Waals surface area contributed by atoms with Crippen molar-refractivity contribution in [1.29, 1.82) is 0 Å². The Morgan fingerprint density at radius 1 is 0.867 bits per heavy atom. The van der Waals surface area contributed by atoms with Gasteiger partial charge in [-0.25, -0.2) is 4.39 Å². The van der Waals surface area contributed by atoms with Gasteiger partial charge in [0.25, 0.3) is 5.91 Å². The molecule has 0 unspecified atom stereocenters. The molecular weight excluding hydrogens is 425 g/mol. The smallest absolute Gasteiger partial charge is 0.267 e. The summed E-state index contributed by atoms with van der Waals surface area (Å²) in [5.74, 6) is -1.39. The SMILES string of the molecule is O=C1c2ccccc2C(=O)c2cc(NC(=O)c3sc4cc(F)ccc4c3Cl)ccc21. The average molecular weight is 436 g/mol. The molecule has 1 amide bonds. The molecule has 0 radical (unpaired) electrons. The molecule has 1 aliphatic rings. The number of carbonyl (C=O) groups excluding carboxylic acids is 3. The van der Waals surface area contributed by atoms with Crippen molar-refractivity contribution in [3.8, 4) is 0 Å². The fourth-order valence-electron chi connectivity index (χ4n) is 3.55. The molecule has 1 N–H and O–H groups in total. The highest BCUT2D eigenvalue weighted by atomic mass is 35.5. The normalized spacial score (nSPS) is 12.6. The van der Waals surface area contributed by atoms with Gasteiger partial charge in [0.05, 0.1) is 5.02 Å². The topological polar surface area (TPSA) is 63.2 Å². The summed E-state index contributed by atoms with van der Waals surface area (Å²) in [6.07, 6.45) is 0. The van der Waals surface area contributed by atoms with Crippen LogP contribution < -0.4 is 5.32 Å². The van der Waals surface area contributed by atoms with Crippen LogP contribution in [-0.2, 0) is 0 Å². The lowest BCUT2D eigenvalue weighted by Gasteiger charge is -2.18. The fourth-order valence-corrected chi connectivity index (χ4v) is 4.99. The second-order valence-corrected chi connectivity index (χ2v) is 8.23. The van der Waals surface area contributed by atoms with E-state index >= 15 is 0 Å². The van der Waals surface area contributed by atoms with Crippen LogP contribution in [0.1, 0.15) is 41.5 Å². The molecule has 30 heavy (non-hydrogen) atoms. The average Bonchev–Trinajstić information content (AvgIpc) is 3.07. The molecule has 0 saturated heterocycles. The second kappa shape index (κ2) is 6.86. The summed E-state index contributed by atoms with van der Waals surface area (Å²) >= 11 is 7.39. The van der Waals surface area contributed by atoms with Crippen molar-refractivity contribution in [2.75, 3.05) is 5.32 Å². The summed E-state index contributed by atoms with van der Waals surface area (Å²) in [5.41, 5.74) is 1.61. The highest BCUT2D eigenvalue weighted by Gasteiger charge is 2.29. The molecule has 0 aliphatic heterocycles. The zero-order chi connectivity index (χ0) is 21.0. The van der Waals surface area contributed by atoms with E-state index in [1.165, 1.54) is 30.3 Å². The molecule has 146 valence electrons. The second-order valence-electron chi connectivity index (χ2n) is 6.80. The van der Waals surface area contributed by atoms with Gasteiger partial charge in [0.15, 0.2) is 11.6 Å². The van der Waals surface area contributed by atoms with Crippen LogP contribution in [0.4, 0.5) is 10.1 Å². The van der Waals surface area contributed by atoms with Gasteiger partial charge in [0, 0.05) is 38.0 Å². The number of fused-ring (bicyclic) bond motifs is 3. The van der Waals surface area contributed by atoms with E-state index in [0.29, 0.717) is 32.5 Å². The fraction of sp³-hybridized carbons (Fsp3) is 0. The third kappa shape index (κ3) is 2.84. The van der Waals surface area contributed by atoms with Crippen molar-refractivity contribution in [3.05, 3.63) is 98.6 Å². The Hall–Kier alpha value is -3.35. The summed E-state index contributed by atoms with van der Waals surface area (Å²) in [6, 6.07) is 15.4. The zero-order valence-corrected chi connectivity index (χ0v) is 16.7. The van der Waals surface area contributed by atoms with Crippen molar-refractivity contribution >= 4 is 56.2 Å². The van der Waals surface area contributed by atoms with Crippen molar-refractivity contribution in [3.63, 3.8) is 0 Å². The first kappa shape index (κ1) is 18.7. The number of benzene rings is 3. The number of nitrogens with one attached hydrogen (secondary N) is 1. The summed E-state index contributed by atoms with van der Waals surface area (Å²) in [6.45, 7) is 0. The largest absolute Gasteiger partial charge is 0.321 e. The minimum Gasteiger partial charge on any atom is -0.321 e. The van der Waals surface area contributed by atoms with E-state index in [9.17, 15) is 18.8 Å². The van der Waals surface area contributed by atoms with E-state index in [0.717, 1.165) is 11.3 Å². The van der Waals surface area contributed by atoms with Crippen LogP contribution in [0, 0.1) is 5.82 Å². The first-order valence-electron chi connectivity index (χ1n) is 8.95. The lowest BCUT2D eigenvalue weighted by atomic mass is 9.84. The van der Waals surface area contributed by atoms with Gasteiger partial charge in [-0.3, -0.25) is 14.4 Å². The number of carbonyl (C=O) groups is 3. The minimum atomic E-state index is -0.475. The first-order valence-corrected chi connectivity index (χ1v) is 10.1. The molecule has 0 fully saturated rings. The Morgan fingerprint density at radius 2 is 1.53 bits per heavy atom. The van der Waals surface area contributed by atoms with Crippen LogP contribution in [0.25, 0.3) is 10.1 Å². The molecule has 3 aromatic carbocycles. The number of rotatable bonds is 2. The molecule has 1 aliphatic carbocycles. The van der Waals surface area contributed by atoms with Crippen molar-refractivity contribution < 1.29 is 18.8 Å². The molecule has 4 aromatic rings. The van der Waals surface area contributed by atoms with Gasteiger partial charge < -0.3 is 5.32 Å². The molecule has 7 heteroatoms. The van der Waals surface area contributed by atoms with Crippen LogP contribution in [0.15, 0.2) is 60.7 Å². The Bertz CT molecular complexity index is 1410. The molecular formula is C23H11ClFNO3S. The summed E-state index contributed by atoms with van der Waals surface area (Å²) in [5, 5.41) is 3.55. The standard InChI is InChI=1S/C23H11ClFNO3S/c24-19-16-7-5-11(25)9-18(16)30-22(19)23(29)26-12-6-8-15-17(10-12)21(28)14-4-2-1-3-13(14)20(15)27/h1-10H,(H,26,29). The third-order valence-corrected chi connectivity index (χ3v) is 6.64. The number of ketones is 2.